The van der Waals surface area contributed by atoms with E-state index in [1.54, 1.807) is 29.2 Å². The number of carboxylic acids is 1. The maximum atomic E-state index is 14.2. The first kappa shape index (κ1) is 21.1. The Hall–Kier alpha value is -2.24. The quantitative estimate of drug-likeness (QED) is 0.446. The molecule has 27 heavy (non-hydrogen) atoms. The van der Waals surface area contributed by atoms with Crippen molar-refractivity contribution in [1.82, 2.24) is 4.90 Å². The number of likely N-dealkylation sites (tertiary alicyclic amines) is 1. The number of hydrogen-bond donors (Lipinski definition) is 1. The number of carbonyl (C=O) groups is 2. The van der Waals surface area contributed by atoms with Crippen LogP contribution in [-0.2, 0) is 15.5 Å². The average Bonchev–Trinajstić information content (AvgIpc) is 2.98. The van der Waals surface area contributed by atoms with Crippen LogP contribution in [0.5, 0.6) is 0 Å². The molecule has 1 aliphatic heterocycles. The average molecular weight is 379 g/mol. The summed E-state index contributed by atoms with van der Waals surface area (Å²) in [6.45, 7) is 0.593. The molecule has 1 saturated heterocycles. The van der Waals surface area contributed by atoms with Crippen molar-refractivity contribution in [3.8, 4) is 0 Å². The van der Waals surface area contributed by atoms with E-state index in [2.05, 4.69) is 0 Å². The molecule has 1 aromatic rings. The van der Waals surface area contributed by atoms with Crippen molar-refractivity contribution in [1.29, 1.82) is 0 Å². The molecule has 0 radical (unpaired) electrons. The Morgan fingerprint density at radius 3 is 2.59 bits per heavy atom. The number of benzene rings is 1. The molecule has 2 rings (SSSR count). The Morgan fingerprint density at radius 2 is 1.89 bits per heavy atom. The van der Waals surface area contributed by atoms with Crippen molar-refractivity contribution < 1.29 is 23.5 Å². The number of hydrogen-bond acceptors (Lipinski definition) is 2. The molecule has 0 spiro atoms. The number of rotatable bonds is 11. The molecule has 1 fully saturated rings. The van der Waals surface area contributed by atoms with Gasteiger partial charge in [-0.15, -0.1) is 0 Å². The number of allylic oxidation sites excluding steroid dienone is 1. The van der Waals surface area contributed by atoms with Crippen LogP contribution in [0, 0.1) is 0 Å². The van der Waals surface area contributed by atoms with Gasteiger partial charge in [0.25, 0.3) is 5.92 Å². The predicted octanol–water partition coefficient (Wildman–Crippen LogP) is 4.75. The molecule has 0 aliphatic carbocycles. The van der Waals surface area contributed by atoms with Crippen LogP contribution < -0.4 is 0 Å². The van der Waals surface area contributed by atoms with E-state index in [1.807, 2.05) is 0 Å². The van der Waals surface area contributed by atoms with E-state index in [-0.39, 0.29) is 30.4 Å². The van der Waals surface area contributed by atoms with Crippen molar-refractivity contribution >= 4 is 11.9 Å². The molecule has 4 nitrogen and oxygen atoms in total. The second-order valence-electron chi connectivity index (χ2n) is 6.95. The fraction of sp³-hybridized carbons (Fsp3) is 0.524. The summed E-state index contributed by atoms with van der Waals surface area (Å²) in [5.41, 5.74) is -0.00429. The van der Waals surface area contributed by atoms with Crippen molar-refractivity contribution in [3.05, 3.63) is 48.0 Å². The molecule has 148 valence electrons. The normalized spacial score (nSPS) is 17.8. The van der Waals surface area contributed by atoms with Crippen LogP contribution in [0.3, 0.4) is 0 Å². The molecule has 1 aromatic carbocycles. The topological polar surface area (TPSA) is 57.6 Å². The molecule has 1 aliphatic rings. The Bertz CT molecular complexity index is 646. The minimum atomic E-state index is -2.92. The first-order valence-corrected chi connectivity index (χ1v) is 9.51. The van der Waals surface area contributed by atoms with Crippen LogP contribution in [0.1, 0.15) is 56.9 Å². The van der Waals surface area contributed by atoms with Gasteiger partial charge in [-0.1, -0.05) is 55.3 Å². The Balaban J connectivity index is 1.79. The van der Waals surface area contributed by atoms with Gasteiger partial charge >= 0.3 is 5.97 Å². The van der Waals surface area contributed by atoms with Crippen LogP contribution in [0.15, 0.2) is 42.5 Å². The number of halogens is 2. The number of unbranched alkanes of at least 4 members (excludes halogenated alkanes) is 3. The Kier molecular flexibility index (Phi) is 7.95. The lowest BCUT2D eigenvalue weighted by molar-refractivity contribution is -0.137. The molecular weight excluding hydrogens is 352 g/mol. The third-order valence-electron chi connectivity index (χ3n) is 4.84. The number of aliphatic carboxylic acids is 1. The summed E-state index contributed by atoms with van der Waals surface area (Å²) in [5.74, 6) is -3.65. The van der Waals surface area contributed by atoms with Gasteiger partial charge in [-0.3, -0.25) is 9.59 Å². The van der Waals surface area contributed by atoms with Crippen LogP contribution in [0.25, 0.3) is 0 Å². The maximum absolute atomic E-state index is 14.2. The van der Waals surface area contributed by atoms with E-state index in [4.69, 9.17) is 5.11 Å². The van der Waals surface area contributed by atoms with Gasteiger partial charge in [-0.05, 0) is 19.3 Å². The summed E-state index contributed by atoms with van der Waals surface area (Å²) in [7, 11) is 0. The highest BCUT2D eigenvalue weighted by Gasteiger charge is 2.31. The molecule has 1 unspecified atom stereocenters. The van der Waals surface area contributed by atoms with Crippen molar-refractivity contribution in [2.24, 2.45) is 0 Å². The third kappa shape index (κ3) is 6.77. The van der Waals surface area contributed by atoms with E-state index in [9.17, 15) is 18.4 Å². The van der Waals surface area contributed by atoms with Gasteiger partial charge in [0.05, 0.1) is 6.04 Å². The second-order valence-corrected chi connectivity index (χ2v) is 6.95. The number of carbonyl (C=O) groups excluding carboxylic acids is 1. The van der Waals surface area contributed by atoms with Crippen molar-refractivity contribution in [2.75, 3.05) is 6.54 Å². The Labute approximate surface area is 158 Å². The summed E-state index contributed by atoms with van der Waals surface area (Å²) in [6.07, 6.45) is 7.22. The highest BCUT2D eigenvalue weighted by atomic mass is 19.3. The number of alkyl halides is 2. The van der Waals surface area contributed by atoms with Crippen LogP contribution in [-0.4, -0.2) is 34.5 Å². The van der Waals surface area contributed by atoms with Gasteiger partial charge in [0.2, 0.25) is 5.91 Å². The molecule has 1 atom stereocenters. The lowest BCUT2D eigenvalue weighted by Crippen LogP contribution is -2.32. The van der Waals surface area contributed by atoms with Crippen LogP contribution in [0.4, 0.5) is 8.78 Å². The van der Waals surface area contributed by atoms with E-state index in [0.29, 0.717) is 25.8 Å². The predicted molar refractivity (Wildman–Crippen MR) is 99.5 cm³/mol. The Morgan fingerprint density at radius 1 is 1.19 bits per heavy atom. The monoisotopic (exact) mass is 379 g/mol. The fourth-order valence-corrected chi connectivity index (χ4v) is 3.33. The maximum Gasteiger partial charge on any atom is 0.303 e. The first-order chi connectivity index (χ1) is 12.9. The van der Waals surface area contributed by atoms with E-state index in [0.717, 1.165) is 19.3 Å². The zero-order chi connectivity index (χ0) is 19.7. The number of amides is 1. The molecule has 0 aromatic heterocycles. The van der Waals surface area contributed by atoms with Crippen LogP contribution in [0.2, 0.25) is 0 Å². The molecule has 6 heteroatoms. The van der Waals surface area contributed by atoms with Gasteiger partial charge in [0, 0.05) is 31.4 Å². The summed E-state index contributed by atoms with van der Waals surface area (Å²) < 4.78 is 28.4. The van der Waals surface area contributed by atoms with Gasteiger partial charge in [-0.25, -0.2) is 8.78 Å². The fourth-order valence-electron chi connectivity index (χ4n) is 3.33. The number of nitrogens with zero attached hydrogens (tertiary/aromatic N) is 1. The van der Waals surface area contributed by atoms with Crippen molar-refractivity contribution in [3.63, 3.8) is 0 Å². The molecule has 0 saturated carbocycles. The summed E-state index contributed by atoms with van der Waals surface area (Å²) in [5, 5.41) is 8.61. The summed E-state index contributed by atoms with van der Waals surface area (Å²) >= 11 is 0. The zero-order valence-corrected chi connectivity index (χ0v) is 15.4. The lowest BCUT2D eigenvalue weighted by Gasteiger charge is -2.22. The van der Waals surface area contributed by atoms with E-state index >= 15 is 0 Å². The summed E-state index contributed by atoms with van der Waals surface area (Å²) in [6, 6.07) is 7.62. The second kappa shape index (κ2) is 10.2. The summed E-state index contributed by atoms with van der Waals surface area (Å²) in [4.78, 5) is 24.3. The third-order valence-corrected chi connectivity index (χ3v) is 4.84. The number of carboxylic acid groups (broad SMARTS) is 1. The zero-order valence-electron chi connectivity index (χ0n) is 15.4. The van der Waals surface area contributed by atoms with E-state index < -0.39 is 11.9 Å². The van der Waals surface area contributed by atoms with E-state index in [1.165, 1.54) is 18.2 Å². The molecular formula is C21H27F2NO3. The highest BCUT2D eigenvalue weighted by Crippen LogP contribution is 2.32. The van der Waals surface area contributed by atoms with Crippen LogP contribution >= 0.6 is 0 Å². The standard InChI is InChI=1S/C21H27F2NO3/c22-21(23,17-9-4-3-5-10-17)15-8-11-18-13-14-19(25)24(18)16-7-2-1-6-12-20(26)27/h3-5,8-11,18H,1-2,6-7,12-16H2,(H,26,27). The van der Waals surface area contributed by atoms with Gasteiger partial charge in [-0.2, -0.15) is 0 Å². The lowest BCUT2D eigenvalue weighted by atomic mass is 10.0. The SMILES string of the molecule is O=C(O)CCCCCCN1C(=O)CCC1C=CCC(F)(F)c1ccccc1. The van der Waals surface area contributed by atoms with Crippen molar-refractivity contribution in [2.45, 2.75) is 63.3 Å². The largest absolute Gasteiger partial charge is 0.481 e. The highest BCUT2D eigenvalue weighted by molar-refractivity contribution is 5.79. The minimum absolute atomic E-state index is 0.00429. The van der Waals surface area contributed by atoms with Gasteiger partial charge in [0.1, 0.15) is 0 Å². The molecule has 1 amide bonds. The smallest absolute Gasteiger partial charge is 0.303 e. The first-order valence-electron chi connectivity index (χ1n) is 9.51. The molecule has 0 bridgehead atoms. The van der Waals surface area contributed by atoms with Gasteiger partial charge in [0.15, 0.2) is 0 Å². The molecule has 1 heterocycles. The van der Waals surface area contributed by atoms with Gasteiger partial charge < -0.3 is 10.0 Å². The minimum Gasteiger partial charge on any atom is -0.481 e. The molecule has 1 N–H and O–H groups in total.